The molecule has 0 aliphatic carbocycles. The number of phenols is 1. The van der Waals surface area contributed by atoms with Crippen LogP contribution in [0.2, 0.25) is 0 Å². The molecule has 3 nitrogen and oxygen atoms in total. The van der Waals surface area contributed by atoms with Crippen LogP contribution in [-0.2, 0) is 0 Å². The van der Waals surface area contributed by atoms with Crippen LogP contribution < -0.4 is 4.74 Å². The average Bonchev–Trinajstić information content (AvgIpc) is 2.49. The van der Waals surface area contributed by atoms with E-state index in [1.807, 2.05) is 37.3 Å². The summed E-state index contributed by atoms with van der Waals surface area (Å²) in [6.07, 6.45) is 1.78. The molecule has 0 heterocycles. The molecular formula is C17H15NO2. The molecular weight excluding hydrogens is 250 g/mol. The molecule has 0 saturated heterocycles. The predicted octanol–water partition coefficient (Wildman–Crippen LogP) is 3.86. The first kappa shape index (κ1) is 13.7. The molecule has 0 radical (unpaired) electrons. The Labute approximate surface area is 118 Å². The van der Waals surface area contributed by atoms with Gasteiger partial charge >= 0.3 is 0 Å². The first-order valence-corrected chi connectivity index (χ1v) is 6.37. The van der Waals surface area contributed by atoms with Crippen molar-refractivity contribution in [2.45, 2.75) is 6.92 Å². The zero-order valence-corrected chi connectivity index (χ0v) is 11.2. The van der Waals surface area contributed by atoms with Crippen LogP contribution in [0.5, 0.6) is 11.5 Å². The second kappa shape index (κ2) is 6.44. The van der Waals surface area contributed by atoms with Crippen molar-refractivity contribution < 1.29 is 9.84 Å². The Hall–Kier alpha value is -2.73. The van der Waals surface area contributed by atoms with Crippen molar-refractivity contribution in [3.05, 3.63) is 59.7 Å². The molecule has 0 unspecified atom stereocenters. The molecule has 0 aromatic heterocycles. The van der Waals surface area contributed by atoms with Gasteiger partial charge in [0.1, 0.15) is 0 Å². The van der Waals surface area contributed by atoms with Gasteiger partial charge in [-0.3, -0.25) is 0 Å². The maximum atomic E-state index is 9.66. The molecule has 1 N–H and O–H groups in total. The number of rotatable bonds is 4. The molecule has 2 aromatic rings. The van der Waals surface area contributed by atoms with Crippen LogP contribution in [0.25, 0.3) is 11.6 Å². The third-order valence-electron chi connectivity index (χ3n) is 2.80. The Balaban J connectivity index is 2.38. The summed E-state index contributed by atoms with van der Waals surface area (Å²) in [5, 5.41) is 18.9. The Kier molecular flexibility index (Phi) is 4.41. The van der Waals surface area contributed by atoms with Gasteiger partial charge in [-0.25, -0.2) is 0 Å². The van der Waals surface area contributed by atoms with Gasteiger partial charge < -0.3 is 9.84 Å². The van der Waals surface area contributed by atoms with Crippen LogP contribution in [0.4, 0.5) is 0 Å². The first-order valence-electron chi connectivity index (χ1n) is 6.37. The number of hydrogen-bond donors (Lipinski definition) is 1. The highest BCUT2D eigenvalue weighted by molar-refractivity contribution is 5.89. The van der Waals surface area contributed by atoms with Gasteiger partial charge in [-0.2, -0.15) is 5.26 Å². The van der Waals surface area contributed by atoms with E-state index in [-0.39, 0.29) is 5.75 Å². The Bertz CT molecular complexity index is 654. The zero-order valence-electron chi connectivity index (χ0n) is 11.2. The summed E-state index contributed by atoms with van der Waals surface area (Å²) in [4.78, 5) is 0. The van der Waals surface area contributed by atoms with Crippen molar-refractivity contribution in [1.29, 1.82) is 5.26 Å². The van der Waals surface area contributed by atoms with Gasteiger partial charge in [-0.15, -0.1) is 0 Å². The number of hydrogen-bond acceptors (Lipinski definition) is 3. The normalized spacial score (nSPS) is 10.9. The van der Waals surface area contributed by atoms with Crippen molar-refractivity contribution in [3.8, 4) is 17.6 Å². The van der Waals surface area contributed by atoms with E-state index in [2.05, 4.69) is 6.07 Å². The van der Waals surface area contributed by atoms with E-state index in [0.29, 0.717) is 17.9 Å². The lowest BCUT2D eigenvalue weighted by Gasteiger charge is -2.06. The molecule has 20 heavy (non-hydrogen) atoms. The quantitative estimate of drug-likeness (QED) is 0.674. The molecule has 0 spiro atoms. The van der Waals surface area contributed by atoms with E-state index in [1.54, 1.807) is 24.3 Å². The predicted molar refractivity (Wildman–Crippen MR) is 79.2 cm³/mol. The van der Waals surface area contributed by atoms with Gasteiger partial charge in [0.2, 0.25) is 0 Å². The van der Waals surface area contributed by atoms with E-state index >= 15 is 0 Å². The summed E-state index contributed by atoms with van der Waals surface area (Å²) in [6.45, 7) is 2.33. The Morgan fingerprint density at radius 2 is 2.00 bits per heavy atom. The van der Waals surface area contributed by atoms with Gasteiger partial charge in [-0.1, -0.05) is 36.4 Å². The maximum absolute atomic E-state index is 9.66. The minimum absolute atomic E-state index is 0.0993. The van der Waals surface area contributed by atoms with Crippen LogP contribution in [0.15, 0.2) is 48.5 Å². The summed E-state index contributed by atoms with van der Waals surface area (Å²) in [5.74, 6) is 0.522. The number of ether oxygens (including phenoxy) is 1. The monoisotopic (exact) mass is 265 g/mol. The van der Waals surface area contributed by atoms with Crippen LogP contribution >= 0.6 is 0 Å². The van der Waals surface area contributed by atoms with Gasteiger partial charge in [0.25, 0.3) is 0 Å². The molecule has 2 aromatic carbocycles. The van der Waals surface area contributed by atoms with E-state index in [0.717, 1.165) is 11.1 Å². The highest BCUT2D eigenvalue weighted by atomic mass is 16.5. The van der Waals surface area contributed by atoms with Crippen molar-refractivity contribution in [2.75, 3.05) is 6.61 Å². The van der Waals surface area contributed by atoms with E-state index < -0.39 is 0 Å². The third kappa shape index (κ3) is 3.18. The van der Waals surface area contributed by atoms with Gasteiger partial charge in [0.05, 0.1) is 18.2 Å². The van der Waals surface area contributed by atoms with E-state index in [9.17, 15) is 10.4 Å². The van der Waals surface area contributed by atoms with Crippen LogP contribution in [0, 0.1) is 11.3 Å². The highest BCUT2D eigenvalue weighted by Gasteiger charge is 2.04. The second-order valence-electron chi connectivity index (χ2n) is 4.20. The zero-order chi connectivity index (χ0) is 14.4. The minimum atomic E-state index is 0.0993. The lowest BCUT2D eigenvalue weighted by atomic mass is 10.0. The highest BCUT2D eigenvalue weighted by Crippen LogP contribution is 2.28. The molecule has 0 saturated carbocycles. The van der Waals surface area contributed by atoms with Crippen LogP contribution in [-0.4, -0.2) is 11.7 Å². The number of benzene rings is 2. The molecule has 3 heteroatoms. The fourth-order valence-electron chi connectivity index (χ4n) is 1.86. The smallest absolute Gasteiger partial charge is 0.161 e. The Morgan fingerprint density at radius 1 is 1.25 bits per heavy atom. The van der Waals surface area contributed by atoms with Gasteiger partial charge in [-0.05, 0) is 36.3 Å². The lowest BCUT2D eigenvalue weighted by Crippen LogP contribution is -1.92. The summed E-state index contributed by atoms with van der Waals surface area (Å²) in [7, 11) is 0. The van der Waals surface area contributed by atoms with E-state index in [4.69, 9.17) is 4.74 Å². The second-order valence-corrected chi connectivity index (χ2v) is 4.20. The molecule has 0 aliphatic rings. The Morgan fingerprint density at radius 3 is 2.65 bits per heavy atom. The number of nitriles is 1. The van der Waals surface area contributed by atoms with Crippen LogP contribution in [0.1, 0.15) is 18.1 Å². The summed E-state index contributed by atoms with van der Waals surface area (Å²) in [6, 6.07) is 16.7. The fourth-order valence-corrected chi connectivity index (χ4v) is 1.86. The molecule has 0 aliphatic heterocycles. The van der Waals surface area contributed by atoms with Crippen LogP contribution in [0.3, 0.4) is 0 Å². The van der Waals surface area contributed by atoms with Crippen molar-refractivity contribution in [3.63, 3.8) is 0 Å². The standard InChI is InChI=1S/C17H15NO2/c1-2-20-17-11-13(8-9-16(17)19)10-15(12-18)14-6-4-3-5-7-14/h3-11,19H,2H2,1H3/b15-10-. The molecule has 2 rings (SSSR count). The fraction of sp³-hybridized carbons (Fsp3) is 0.118. The van der Waals surface area contributed by atoms with Crippen molar-refractivity contribution >= 4 is 11.6 Å². The molecule has 100 valence electrons. The van der Waals surface area contributed by atoms with Gasteiger partial charge in [0, 0.05) is 0 Å². The maximum Gasteiger partial charge on any atom is 0.161 e. The minimum Gasteiger partial charge on any atom is -0.504 e. The summed E-state index contributed by atoms with van der Waals surface area (Å²) >= 11 is 0. The number of phenolic OH excluding ortho intramolecular Hbond substituents is 1. The van der Waals surface area contributed by atoms with Gasteiger partial charge in [0.15, 0.2) is 11.5 Å². The first-order chi connectivity index (χ1) is 9.74. The summed E-state index contributed by atoms with van der Waals surface area (Å²) in [5.41, 5.74) is 2.24. The summed E-state index contributed by atoms with van der Waals surface area (Å²) < 4.78 is 5.34. The van der Waals surface area contributed by atoms with Crippen molar-refractivity contribution in [1.82, 2.24) is 0 Å². The SMILES string of the molecule is CCOc1cc(/C=C(/C#N)c2ccccc2)ccc1O. The number of aromatic hydroxyl groups is 1. The number of nitrogens with zero attached hydrogens (tertiary/aromatic N) is 1. The molecule has 0 bridgehead atoms. The topological polar surface area (TPSA) is 53.2 Å². The van der Waals surface area contributed by atoms with E-state index in [1.165, 1.54) is 0 Å². The third-order valence-corrected chi connectivity index (χ3v) is 2.80. The average molecular weight is 265 g/mol. The van der Waals surface area contributed by atoms with Crippen molar-refractivity contribution in [2.24, 2.45) is 0 Å². The molecule has 0 amide bonds. The lowest BCUT2D eigenvalue weighted by molar-refractivity contribution is 0.318. The molecule has 0 atom stereocenters. The largest absolute Gasteiger partial charge is 0.504 e. The number of allylic oxidation sites excluding steroid dienone is 1. The molecule has 0 fully saturated rings.